The van der Waals surface area contributed by atoms with Gasteiger partial charge in [0.2, 0.25) is 0 Å². The van der Waals surface area contributed by atoms with Crippen molar-refractivity contribution in [1.29, 1.82) is 0 Å². The fraction of sp³-hybridized carbons (Fsp3) is 0.188. The largest absolute Gasteiger partial charge is 0.484 e. The molecule has 2 rings (SSSR count). The van der Waals surface area contributed by atoms with Gasteiger partial charge >= 0.3 is 0 Å². The normalized spacial score (nSPS) is 11.2. The van der Waals surface area contributed by atoms with Gasteiger partial charge in [0.05, 0.1) is 5.02 Å². The lowest BCUT2D eigenvalue weighted by Gasteiger charge is -2.11. The van der Waals surface area contributed by atoms with E-state index in [1.54, 1.807) is 12.1 Å². The first-order chi connectivity index (χ1) is 11.7. The topological polar surface area (TPSA) is 84.5 Å². The van der Waals surface area contributed by atoms with Crippen LogP contribution in [0.5, 0.6) is 5.75 Å². The molecular formula is C16H16Cl2N2O4S. The van der Waals surface area contributed by atoms with Crippen LogP contribution in [0.25, 0.3) is 0 Å². The van der Waals surface area contributed by atoms with E-state index in [4.69, 9.17) is 27.9 Å². The third-order valence-corrected chi connectivity index (χ3v) is 5.32. The Bertz CT molecular complexity index is 901. The summed E-state index contributed by atoms with van der Waals surface area (Å²) in [5.41, 5.74) is 4.18. The average Bonchev–Trinajstić information content (AvgIpc) is 2.56. The first-order valence-corrected chi connectivity index (χ1v) is 9.39. The molecule has 1 amide bonds. The highest BCUT2D eigenvalue weighted by atomic mass is 35.5. The molecule has 0 saturated carbocycles. The number of hydrogen-bond acceptors (Lipinski definition) is 4. The van der Waals surface area contributed by atoms with E-state index >= 15 is 0 Å². The van der Waals surface area contributed by atoms with E-state index < -0.39 is 15.9 Å². The van der Waals surface area contributed by atoms with Crippen LogP contribution in [0, 0.1) is 13.8 Å². The summed E-state index contributed by atoms with van der Waals surface area (Å²) in [6.07, 6.45) is 0. The molecule has 0 aliphatic heterocycles. The number of hydrazine groups is 1. The molecule has 0 aliphatic rings. The van der Waals surface area contributed by atoms with Gasteiger partial charge in [-0.2, -0.15) is 0 Å². The molecule has 0 bridgehead atoms. The van der Waals surface area contributed by atoms with Crippen molar-refractivity contribution in [3.8, 4) is 5.75 Å². The van der Waals surface area contributed by atoms with Gasteiger partial charge in [0.1, 0.15) is 10.6 Å². The summed E-state index contributed by atoms with van der Waals surface area (Å²) in [4.78, 5) is 13.5. The van der Waals surface area contributed by atoms with Crippen LogP contribution in [0.3, 0.4) is 0 Å². The van der Waals surface area contributed by atoms with Gasteiger partial charge in [0.15, 0.2) is 6.61 Å². The van der Waals surface area contributed by atoms with Crippen LogP contribution in [0.1, 0.15) is 11.1 Å². The summed E-state index contributed by atoms with van der Waals surface area (Å²) in [5, 5.41) is 0.187. The fourth-order valence-corrected chi connectivity index (χ4v) is 3.47. The number of rotatable bonds is 6. The third-order valence-electron chi connectivity index (χ3n) is 3.36. The third kappa shape index (κ3) is 5.34. The molecule has 0 saturated heterocycles. The van der Waals surface area contributed by atoms with Gasteiger partial charge in [0.25, 0.3) is 15.9 Å². The van der Waals surface area contributed by atoms with Crippen molar-refractivity contribution in [2.75, 3.05) is 6.61 Å². The van der Waals surface area contributed by atoms with Crippen molar-refractivity contribution in [3.63, 3.8) is 0 Å². The summed E-state index contributed by atoms with van der Waals surface area (Å²) in [6.45, 7) is 3.53. The SMILES string of the molecule is Cc1ccc(OCC(=O)NNS(=O)(=O)c2cc(Cl)ccc2Cl)cc1C. The van der Waals surface area contributed by atoms with Crippen LogP contribution in [0.15, 0.2) is 41.3 Å². The number of amides is 1. The molecule has 134 valence electrons. The molecule has 2 aromatic rings. The first kappa shape index (κ1) is 19.5. The van der Waals surface area contributed by atoms with Gasteiger partial charge in [-0.15, -0.1) is 4.83 Å². The minimum Gasteiger partial charge on any atom is -0.484 e. The molecule has 9 heteroatoms. The number of nitrogens with one attached hydrogen (secondary N) is 2. The molecule has 0 aromatic heterocycles. The van der Waals surface area contributed by atoms with Gasteiger partial charge in [-0.25, -0.2) is 8.42 Å². The van der Waals surface area contributed by atoms with Gasteiger partial charge < -0.3 is 4.74 Å². The molecule has 0 unspecified atom stereocenters. The molecule has 0 atom stereocenters. The molecular weight excluding hydrogens is 387 g/mol. The standard InChI is InChI=1S/C16H16Cl2N2O4S/c1-10-3-5-13(7-11(10)2)24-9-16(21)19-20-25(22,23)15-8-12(17)4-6-14(15)18/h3-8,20H,9H2,1-2H3,(H,19,21). The molecule has 0 aliphatic carbocycles. The Labute approximate surface area is 156 Å². The van der Waals surface area contributed by atoms with Crippen LogP contribution in [-0.2, 0) is 14.8 Å². The smallest absolute Gasteiger partial charge is 0.272 e. The van der Waals surface area contributed by atoms with Gasteiger partial charge in [-0.05, 0) is 55.3 Å². The number of aryl methyl sites for hydroxylation is 2. The van der Waals surface area contributed by atoms with E-state index in [2.05, 4.69) is 5.43 Å². The van der Waals surface area contributed by atoms with E-state index in [0.717, 1.165) is 11.1 Å². The maximum absolute atomic E-state index is 12.2. The average molecular weight is 403 g/mol. The summed E-state index contributed by atoms with van der Waals surface area (Å²) >= 11 is 11.6. The predicted molar refractivity (Wildman–Crippen MR) is 96.3 cm³/mol. The Balaban J connectivity index is 1.94. The van der Waals surface area contributed by atoms with Crippen molar-refractivity contribution in [2.45, 2.75) is 18.7 Å². The van der Waals surface area contributed by atoms with E-state index in [9.17, 15) is 13.2 Å². The van der Waals surface area contributed by atoms with Crippen LogP contribution >= 0.6 is 23.2 Å². The van der Waals surface area contributed by atoms with E-state index in [1.807, 2.05) is 24.7 Å². The Morgan fingerprint density at radius 2 is 1.80 bits per heavy atom. The molecule has 0 spiro atoms. The lowest BCUT2D eigenvalue weighted by atomic mass is 10.1. The molecule has 0 heterocycles. The van der Waals surface area contributed by atoms with E-state index in [-0.39, 0.29) is 21.5 Å². The van der Waals surface area contributed by atoms with Crippen LogP contribution in [-0.4, -0.2) is 20.9 Å². The number of halogens is 2. The Hall–Kier alpha value is -1.80. The number of ether oxygens (including phenoxy) is 1. The highest BCUT2D eigenvalue weighted by molar-refractivity contribution is 7.89. The number of hydrogen-bond donors (Lipinski definition) is 2. The lowest BCUT2D eigenvalue weighted by Crippen LogP contribution is -2.43. The van der Waals surface area contributed by atoms with Gasteiger partial charge in [-0.1, -0.05) is 29.3 Å². The number of benzene rings is 2. The zero-order valence-corrected chi connectivity index (χ0v) is 15.8. The molecule has 6 nitrogen and oxygen atoms in total. The van der Waals surface area contributed by atoms with Gasteiger partial charge in [-0.3, -0.25) is 10.2 Å². The van der Waals surface area contributed by atoms with Gasteiger partial charge in [0, 0.05) is 5.02 Å². The molecule has 0 radical (unpaired) electrons. The number of sulfonamides is 1. The zero-order valence-electron chi connectivity index (χ0n) is 13.5. The fourth-order valence-electron chi connectivity index (χ4n) is 1.85. The second-order valence-electron chi connectivity index (χ2n) is 5.26. The summed E-state index contributed by atoms with van der Waals surface area (Å²) in [7, 11) is -4.06. The van der Waals surface area contributed by atoms with Crippen LogP contribution in [0.4, 0.5) is 0 Å². The van der Waals surface area contributed by atoms with Crippen molar-refractivity contribution in [2.24, 2.45) is 0 Å². The monoisotopic (exact) mass is 402 g/mol. The van der Waals surface area contributed by atoms with Crippen molar-refractivity contribution >= 4 is 39.1 Å². The lowest BCUT2D eigenvalue weighted by molar-refractivity contribution is -0.123. The minimum atomic E-state index is -4.06. The molecule has 0 fully saturated rings. The maximum Gasteiger partial charge on any atom is 0.272 e. The highest BCUT2D eigenvalue weighted by Gasteiger charge is 2.19. The minimum absolute atomic E-state index is 0.0162. The summed E-state index contributed by atoms with van der Waals surface area (Å²) < 4.78 is 29.6. The highest BCUT2D eigenvalue weighted by Crippen LogP contribution is 2.24. The Kier molecular flexibility index (Phi) is 6.29. The van der Waals surface area contributed by atoms with Crippen molar-refractivity contribution in [1.82, 2.24) is 10.3 Å². The Morgan fingerprint density at radius 1 is 1.08 bits per heavy atom. The van der Waals surface area contributed by atoms with E-state index in [0.29, 0.717) is 5.75 Å². The number of carbonyl (C=O) groups excluding carboxylic acids is 1. The molecule has 2 aromatic carbocycles. The summed E-state index contributed by atoms with van der Waals surface area (Å²) in [6, 6.07) is 9.38. The molecule has 2 N–H and O–H groups in total. The Morgan fingerprint density at radius 3 is 2.48 bits per heavy atom. The second kappa shape index (κ2) is 8.05. The van der Waals surface area contributed by atoms with Crippen LogP contribution in [0.2, 0.25) is 10.0 Å². The first-order valence-electron chi connectivity index (χ1n) is 7.15. The quantitative estimate of drug-likeness (QED) is 0.727. The zero-order chi connectivity index (χ0) is 18.6. The second-order valence-corrected chi connectivity index (χ2v) is 7.76. The van der Waals surface area contributed by atoms with Crippen molar-refractivity contribution in [3.05, 3.63) is 57.6 Å². The van der Waals surface area contributed by atoms with Crippen molar-refractivity contribution < 1.29 is 17.9 Å². The predicted octanol–water partition coefficient (Wildman–Crippen LogP) is 3.00. The van der Waals surface area contributed by atoms with Crippen LogP contribution < -0.4 is 15.0 Å². The number of carbonyl (C=O) groups is 1. The van der Waals surface area contributed by atoms with E-state index in [1.165, 1.54) is 18.2 Å². The molecule has 25 heavy (non-hydrogen) atoms. The summed E-state index contributed by atoms with van der Waals surface area (Å²) in [5.74, 6) is -0.154. The maximum atomic E-state index is 12.2.